The smallest absolute Gasteiger partial charge is 0.235 e. The largest absolute Gasteiger partial charge is 0.280 e. The van der Waals surface area contributed by atoms with Crippen molar-refractivity contribution < 1.29 is 4.79 Å². The van der Waals surface area contributed by atoms with E-state index in [9.17, 15) is 4.79 Å². The molecule has 3 N–H and O–H groups in total. The summed E-state index contributed by atoms with van der Waals surface area (Å²) >= 11 is 4.70. The molecule has 0 saturated carbocycles. The summed E-state index contributed by atoms with van der Waals surface area (Å²) in [5.41, 5.74) is 4.86. The van der Waals surface area contributed by atoms with E-state index in [0.29, 0.717) is 5.82 Å². The summed E-state index contributed by atoms with van der Waals surface area (Å²) in [5, 5.41) is 6.12. The number of hydrogen-bond acceptors (Lipinski definition) is 5. The molecule has 1 rings (SSSR count). The van der Waals surface area contributed by atoms with Gasteiger partial charge < -0.3 is 0 Å². The first-order chi connectivity index (χ1) is 5.68. The first-order valence-electron chi connectivity index (χ1n) is 3.13. The molecule has 0 aliphatic rings. The molecule has 64 valence electrons. The fourth-order valence-electron chi connectivity index (χ4n) is 0.524. The van der Waals surface area contributed by atoms with Gasteiger partial charge in [-0.15, -0.1) is 0 Å². The molecule has 1 heterocycles. The fourth-order valence-corrected chi connectivity index (χ4v) is 0.675. The molecule has 1 aromatic rings. The van der Waals surface area contributed by atoms with Crippen molar-refractivity contribution in [3.63, 3.8) is 0 Å². The second kappa shape index (κ2) is 3.77. The number of rotatable bonds is 2. The number of aromatic amines is 1. The van der Waals surface area contributed by atoms with Gasteiger partial charge in [-0.25, -0.2) is 0 Å². The maximum atomic E-state index is 10.4. The molecule has 0 aliphatic heterocycles. The Kier molecular flexibility index (Phi) is 2.70. The minimum atomic E-state index is -0.212. The van der Waals surface area contributed by atoms with Crippen LogP contribution in [0.5, 0.6) is 0 Å². The van der Waals surface area contributed by atoms with Crippen LogP contribution in [-0.4, -0.2) is 21.1 Å². The van der Waals surface area contributed by atoms with Crippen LogP contribution in [0.15, 0.2) is 6.20 Å². The van der Waals surface area contributed by atoms with Crippen LogP contribution in [0, 0.1) is 4.77 Å². The highest BCUT2D eigenvalue weighted by Crippen LogP contribution is 1.93. The number of carbonyl (C=O) groups excluding carboxylic acids is 1. The number of amides is 1. The number of hydrogen-bond donors (Lipinski definition) is 3. The van der Waals surface area contributed by atoms with E-state index in [1.807, 2.05) is 0 Å². The molecule has 7 heteroatoms. The Labute approximate surface area is 73.4 Å². The molecule has 0 spiro atoms. The molecule has 0 radical (unpaired) electrons. The van der Waals surface area contributed by atoms with Gasteiger partial charge in [-0.1, -0.05) is 0 Å². The third-order valence-corrected chi connectivity index (χ3v) is 1.12. The van der Waals surface area contributed by atoms with E-state index in [4.69, 9.17) is 12.2 Å². The van der Waals surface area contributed by atoms with Crippen LogP contribution in [0.3, 0.4) is 0 Å². The molecule has 0 atom stereocenters. The van der Waals surface area contributed by atoms with Gasteiger partial charge in [0.1, 0.15) is 0 Å². The van der Waals surface area contributed by atoms with Crippen LogP contribution in [0.4, 0.5) is 5.82 Å². The lowest BCUT2D eigenvalue weighted by Crippen LogP contribution is -2.27. The van der Waals surface area contributed by atoms with Crippen molar-refractivity contribution in [2.24, 2.45) is 0 Å². The van der Waals surface area contributed by atoms with E-state index in [-0.39, 0.29) is 10.7 Å². The third-order valence-electron chi connectivity index (χ3n) is 0.936. The minimum absolute atomic E-state index is 0.212. The highest BCUT2D eigenvalue weighted by molar-refractivity contribution is 7.71. The lowest BCUT2D eigenvalue weighted by Gasteiger charge is -2.02. The summed E-state index contributed by atoms with van der Waals surface area (Å²) < 4.78 is 0.255. The zero-order valence-electron chi connectivity index (χ0n) is 6.29. The summed E-state index contributed by atoms with van der Waals surface area (Å²) in [6.07, 6.45) is 1.41. The Morgan fingerprint density at radius 2 is 2.50 bits per heavy atom. The van der Waals surface area contributed by atoms with Gasteiger partial charge in [0.2, 0.25) is 10.7 Å². The van der Waals surface area contributed by atoms with Gasteiger partial charge in [0.15, 0.2) is 5.82 Å². The quantitative estimate of drug-likeness (QED) is 0.446. The Morgan fingerprint density at radius 3 is 3.08 bits per heavy atom. The lowest BCUT2D eigenvalue weighted by atomic mass is 10.7. The number of nitrogens with zero attached hydrogens (tertiary/aromatic N) is 2. The Morgan fingerprint density at radius 1 is 1.75 bits per heavy atom. The second-order valence-corrected chi connectivity index (χ2v) is 2.37. The molecule has 0 fully saturated rings. The molecule has 0 saturated heterocycles. The fraction of sp³-hybridized carbons (Fsp3) is 0.200. The maximum absolute atomic E-state index is 10.4. The monoisotopic (exact) mass is 185 g/mol. The van der Waals surface area contributed by atoms with Crippen molar-refractivity contribution in [1.82, 2.24) is 20.6 Å². The van der Waals surface area contributed by atoms with E-state index in [1.54, 1.807) is 0 Å². The molecular weight excluding hydrogens is 178 g/mol. The molecule has 0 bridgehead atoms. The molecule has 12 heavy (non-hydrogen) atoms. The van der Waals surface area contributed by atoms with E-state index in [1.165, 1.54) is 13.1 Å². The van der Waals surface area contributed by atoms with Gasteiger partial charge in [-0.2, -0.15) is 10.1 Å². The van der Waals surface area contributed by atoms with Gasteiger partial charge in [0.05, 0.1) is 6.20 Å². The van der Waals surface area contributed by atoms with E-state index >= 15 is 0 Å². The zero-order valence-corrected chi connectivity index (χ0v) is 7.10. The molecule has 6 nitrogen and oxygen atoms in total. The van der Waals surface area contributed by atoms with Gasteiger partial charge in [0.25, 0.3) is 0 Å². The molecule has 0 aromatic carbocycles. The lowest BCUT2D eigenvalue weighted by molar-refractivity contribution is -0.118. The normalized spacial score (nSPS) is 9.08. The third kappa shape index (κ3) is 2.62. The van der Waals surface area contributed by atoms with Crippen molar-refractivity contribution in [1.29, 1.82) is 0 Å². The Bertz CT molecular complexity index is 335. The summed E-state index contributed by atoms with van der Waals surface area (Å²) in [4.78, 5) is 14.3. The topological polar surface area (TPSA) is 82.7 Å². The Hall–Kier alpha value is -1.50. The zero-order chi connectivity index (χ0) is 8.97. The van der Waals surface area contributed by atoms with Gasteiger partial charge in [0, 0.05) is 6.92 Å². The standard InChI is InChI=1S/C5H7N5OS/c1-3(11)8-9-4-2-6-10-5(12)7-4/h2H,1H3,(H,8,11)(H2,7,9,10,12). The Balaban J connectivity index is 2.64. The van der Waals surface area contributed by atoms with Crippen molar-refractivity contribution in [3.8, 4) is 0 Å². The van der Waals surface area contributed by atoms with Gasteiger partial charge in [-0.3, -0.25) is 20.7 Å². The molecule has 1 aromatic heterocycles. The van der Waals surface area contributed by atoms with Gasteiger partial charge >= 0.3 is 0 Å². The van der Waals surface area contributed by atoms with Crippen LogP contribution in [0.25, 0.3) is 0 Å². The van der Waals surface area contributed by atoms with Crippen LogP contribution >= 0.6 is 12.2 Å². The molecular formula is C5H7N5OS. The number of H-pyrrole nitrogens is 1. The van der Waals surface area contributed by atoms with Crippen LogP contribution in [0.1, 0.15) is 6.92 Å². The molecule has 1 amide bonds. The highest BCUT2D eigenvalue weighted by atomic mass is 32.1. The number of hydrazine groups is 1. The predicted molar refractivity (Wildman–Crippen MR) is 44.7 cm³/mol. The number of aromatic nitrogens is 3. The van der Waals surface area contributed by atoms with E-state index in [2.05, 4.69) is 26.0 Å². The predicted octanol–water partition coefficient (Wildman–Crippen LogP) is -0.00281. The van der Waals surface area contributed by atoms with Crippen LogP contribution < -0.4 is 10.9 Å². The minimum Gasteiger partial charge on any atom is -0.280 e. The van der Waals surface area contributed by atoms with Crippen molar-refractivity contribution in [3.05, 3.63) is 11.0 Å². The average Bonchev–Trinajstić information content (AvgIpc) is 2.01. The maximum Gasteiger partial charge on any atom is 0.235 e. The second-order valence-electron chi connectivity index (χ2n) is 1.98. The summed E-state index contributed by atoms with van der Waals surface area (Å²) in [6, 6.07) is 0. The van der Waals surface area contributed by atoms with Crippen molar-refractivity contribution in [2.45, 2.75) is 6.92 Å². The highest BCUT2D eigenvalue weighted by Gasteiger charge is 1.92. The first kappa shape index (κ1) is 8.60. The SMILES string of the molecule is CC(=O)NNc1cn[nH]c(=S)n1. The van der Waals surface area contributed by atoms with Crippen molar-refractivity contribution >= 4 is 23.9 Å². The average molecular weight is 185 g/mol. The van der Waals surface area contributed by atoms with Crippen molar-refractivity contribution in [2.75, 3.05) is 5.43 Å². The number of anilines is 1. The van der Waals surface area contributed by atoms with E-state index in [0.717, 1.165) is 0 Å². The molecule has 0 unspecified atom stereocenters. The summed E-state index contributed by atoms with van der Waals surface area (Å²) in [6.45, 7) is 1.38. The number of nitrogens with one attached hydrogen (secondary N) is 3. The van der Waals surface area contributed by atoms with Crippen LogP contribution in [-0.2, 0) is 4.79 Å². The first-order valence-corrected chi connectivity index (χ1v) is 3.53. The van der Waals surface area contributed by atoms with Gasteiger partial charge in [-0.05, 0) is 12.2 Å². The van der Waals surface area contributed by atoms with Crippen LogP contribution in [0.2, 0.25) is 0 Å². The summed E-state index contributed by atoms with van der Waals surface area (Å²) in [5.74, 6) is 0.185. The summed E-state index contributed by atoms with van der Waals surface area (Å²) in [7, 11) is 0. The van der Waals surface area contributed by atoms with E-state index < -0.39 is 0 Å². The molecule has 0 aliphatic carbocycles. The number of carbonyl (C=O) groups is 1.